The van der Waals surface area contributed by atoms with Crippen LogP contribution in [-0.4, -0.2) is 42.0 Å². The molecule has 6 heteroatoms. The van der Waals surface area contributed by atoms with E-state index in [-0.39, 0.29) is 11.9 Å². The molecule has 1 saturated heterocycles. The summed E-state index contributed by atoms with van der Waals surface area (Å²) in [6, 6.07) is 16.1. The number of carbonyl (C=O) groups excluding carboxylic acids is 1. The van der Waals surface area contributed by atoms with Gasteiger partial charge in [-0.25, -0.2) is 4.98 Å². The molecule has 1 fully saturated rings. The van der Waals surface area contributed by atoms with Gasteiger partial charge in [0.2, 0.25) is 0 Å². The topological polar surface area (TPSA) is 58.8 Å². The number of carbonyl (C=O) groups is 1. The number of aromatic nitrogens is 1. The summed E-state index contributed by atoms with van der Waals surface area (Å²) in [5, 5.41) is 0. The third-order valence-electron chi connectivity index (χ3n) is 6.42. The summed E-state index contributed by atoms with van der Waals surface area (Å²) < 4.78 is 11.1. The third kappa shape index (κ3) is 3.91. The van der Waals surface area contributed by atoms with E-state index in [1.807, 2.05) is 11.0 Å². The van der Waals surface area contributed by atoms with Crippen molar-refractivity contribution in [2.45, 2.75) is 38.8 Å². The molecular weight excluding hydrogens is 402 g/mol. The molecule has 0 spiro atoms. The second-order valence-corrected chi connectivity index (χ2v) is 8.81. The molecule has 1 amide bonds. The minimum Gasteiger partial charge on any atom is -0.459 e. The van der Waals surface area contributed by atoms with Crippen molar-refractivity contribution in [3.05, 3.63) is 82.9 Å². The lowest BCUT2D eigenvalue weighted by Gasteiger charge is -2.42. The number of fused-ring (bicyclic) bond motifs is 1. The summed E-state index contributed by atoms with van der Waals surface area (Å²) >= 11 is 0. The van der Waals surface area contributed by atoms with E-state index in [4.69, 9.17) is 14.1 Å². The van der Waals surface area contributed by atoms with Crippen LogP contribution in [0, 0.1) is 0 Å². The smallest absolute Gasteiger partial charge is 0.289 e. The van der Waals surface area contributed by atoms with Crippen molar-refractivity contribution in [2.75, 3.05) is 31.1 Å². The molecular formula is C26H29N3O3. The Morgan fingerprint density at radius 3 is 2.72 bits per heavy atom. The fourth-order valence-electron chi connectivity index (χ4n) is 4.76. The standard InChI is InChI=1S/C26H29N3O3/c1-18(2)25-21-17-31-14-10-20(21)15-24(27-25)29-12-11-28(26(30)23-9-6-13-32-23)16-22(29)19-7-4-3-5-8-19/h3-9,13,15,18,22H,10-12,14,16-17H2,1-2H3. The molecule has 5 rings (SSSR count). The lowest BCUT2D eigenvalue weighted by molar-refractivity contribution is 0.0689. The fourth-order valence-corrected chi connectivity index (χ4v) is 4.76. The Kier molecular flexibility index (Phi) is 5.70. The Morgan fingerprint density at radius 1 is 1.12 bits per heavy atom. The van der Waals surface area contributed by atoms with Crippen LogP contribution in [0.2, 0.25) is 0 Å². The van der Waals surface area contributed by atoms with Gasteiger partial charge in [-0.15, -0.1) is 0 Å². The number of nitrogens with zero attached hydrogens (tertiary/aromatic N) is 3. The van der Waals surface area contributed by atoms with Crippen LogP contribution in [0.1, 0.15) is 58.7 Å². The maximum Gasteiger partial charge on any atom is 0.289 e. The van der Waals surface area contributed by atoms with Crippen LogP contribution < -0.4 is 4.90 Å². The predicted molar refractivity (Wildman–Crippen MR) is 123 cm³/mol. The molecule has 1 unspecified atom stereocenters. The van der Waals surface area contributed by atoms with Gasteiger partial charge < -0.3 is 19.0 Å². The third-order valence-corrected chi connectivity index (χ3v) is 6.42. The number of pyridine rings is 1. The zero-order valence-corrected chi connectivity index (χ0v) is 18.7. The van der Waals surface area contributed by atoms with E-state index in [9.17, 15) is 4.79 Å². The molecule has 1 atom stereocenters. The van der Waals surface area contributed by atoms with Crippen LogP contribution in [0.3, 0.4) is 0 Å². The quantitative estimate of drug-likeness (QED) is 0.605. The lowest BCUT2D eigenvalue weighted by atomic mass is 9.95. The molecule has 0 bridgehead atoms. The molecule has 6 nitrogen and oxygen atoms in total. The average Bonchev–Trinajstić information content (AvgIpc) is 3.38. The second-order valence-electron chi connectivity index (χ2n) is 8.81. The highest BCUT2D eigenvalue weighted by molar-refractivity contribution is 5.91. The first kappa shape index (κ1) is 20.8. The number of ether oxygens (including phenoxy) is 1. The zero-order chi connectivity index (χ0) is 22.1. The van der Waals surface area contributed by atoms with E-state index in [0.717, 1.165) is 24.5 Å². The minimum absolute atomic E-state index is 0.0225. The van der Waals surface area contributed by atoms with Gasteiger partial charge in [0.05, 0.1) is 31.2 Å². The SMILES string of the molecule is CC(C)c1nc(N2CCN(C(=O)c3ccco3)CC2c2ccccc2)cc2c1COCC2. The molecule has 1 aromatic carbocycles. The molecule has 0 aliphatic carbocycles. The van der Waals surface area contributed by atoms with Crippen LogP contribution in [0.25, 0.3) is 0 Å². The molecule has 2 aliphatic rings. The zero-order valence-electron chi connectivity index (χ0n) is 18.7. The highest BCUT2D eigenvalue weighted by Gasteiger charge is 2.33. The molecule has 166 valence electrons. The van der Waals surface area contributed by atoms with E-state index in [1.165, 1.54) is 16.7 Å². The van der Waals surface area contributed by atoms with Crippen LogP contribution in [-0.2, 0) is 17.8 Å². The Balaban J connectivity index is 1.52. The van der Waals surface area contributed by atoms with Gasteiger partial charge in [-0.05, 0) is 41.7 Å². The Labute approximate surface area is 188 Å². The normalized spacial score (nSPS) is 18.7. The largest absolute Gasteiger partial charge is 0.459 e. The Hall–Kier alpha value is -3.12. The molecule has 2 aliphatic heterocycles. The number of piperazine rings is 1. The van der Waals surface area contributed by atoms with Crippen LogP contribution in [0.4, 0.5) is 5.82 Å². The Bertz CT molecular complexity index is 1080. The number of rotatable bonds is 4. The van der Waals surface area contributed by atoms with Crippen molar-refractivity contribution in [3.8, 4) is 0 Å². The van der Waals surface area contributed by atoms with Crippen molar-refractivity contribution in [1.29, 1.82) is 0 Å². The van der Waals surface area contributed by atoms with E-state index in [1.54, 1.807) is 18.4 Å². The molecule has 4 heterocycles. The molecule has 0 N–H and O–H groups in total. The highest BCUT2D eigenvalue weighted by Crippen LogP contribution is 2.34. The summed E-state index contributed by atoms with van der Waals surface area (Å²) in [5.41, 5.74) is 4.89. The van der Waals surface area contributed by atoms with Crippen molar-refractivity contribution in [3.63, 3.8) is 0 Å². The van der Waals surface area contributed by atoms with Gasteiger partial charge >= 0.3 is 0 Å². The summed E-state index contributed by atoms with van der Waals surface area (Å²) in [7, 11) is 0. The highest BCUT2D eigenvalue weighted by atomic mass is 16.5. The number of hydrogen-bond donors (Lipinski definition) is 0. The van der Waals surface area contributed by atoms with E-state index < -0.39 is 0 Å². The number of benzene rings is 1. The minimum atomic E-state index is -0.0611. The monoisotopic (exact) mass is 431 g/mol. The summed E-state index contributed by atoms with van der Waals surface area (Å²) in [6.45, 7) is 7.70. The van der Waals surface area contributed by atoms with Gasteiger partial charge in [0.25, 0.3) is 5.91 Å². The van der Waals surface area contributed by atoms with E-state index in [0.29, 0.717) is 37.9 Å². The van der Waals surface area contributed by atoms with E-state index in [2.05, 4.69) is 49.1 Å². The van der Waals surface area contributed by atoms with Crippen LogP contribution in [0.15, 0.2) is 59.2 Å². The predicted octanol–water partition coefficient (Wildman–Crippen LogP) is 4.57. The first-order valence-electron chi connectivity index (χ1n) is 11.4. The van der Waals surface area contributed by atoms with Crippen molar-refractivity contribution >= 4 is 11.7 Å². The molecule has 3 aromatic rings. The summed E-state index contributed by atoms with van der Waals surface area (Å²) in [4.78, 5) is 22.4. The van der Waals surface area contributed by atoms with Gasteiger partial charge in [0.1, 0.15) is 5.82 Å². The molecule has 2 aromatic heterocycles. The summed E-state index contributed by atoms with van der Waals surface area (Å²) in [6.07, 6.45) is 2.46. The number of amides is 1. The second kappa shape index (κ2) is 8.79. The van der Waals surface area contributed by atoms with Crippen molar-refractivity contribution < 1.29 is 13.9 Å². The average molecular weight is 432 g/mol. The van der Waals surface area contributed by atoms with Gasteiger partial charge in [-0.1, -0.05) is 44.2 Å². The van der Waals surface area contributed by atoms with Crippen LogP contribution in [0.5, 0.6) is 0 Å². The Morgan fingerprint density at radius 2 is 1.97 bits per heavy atom. The number of hydrogen-bond acceptors (Lipinski definition) is 5. The van der Waals surface area contributed by atoms with Gasteiger partial charge in [-0.2, -0.15) is 0 Å². The van der Waals surface area contributed by atoms with Gasteiger partial charge in [-0.3, -0.25) is 4.79 Å². The first-order valence-corrected chi connectivity index (χ1v) is 11.4. The molecule has 0 saturated carbocycles. The lowest BCUT2D eigenvalue weighted by Crippen LogP contribution is -2.51. The maximum absolute atomic E-state index is 13.0. The maximum atomic E-state index is 13.0. The molecule has 32 heavy (non-hydrogen) atoms. The number of anilines is 1. The molecule has 0 radical (unpaired) electrons. The van der Waals surface area contributed by atoms with Crippen molar-refractivity contribution in [1.82, 2.24) is 9.88 Å². The first-order chi connectivity index (χ1) is 15.6. The van der Waals surface area contributed by atoms with Gasteiger partial charge in [0, 0.05) is 25.2 Å². The van der Waals surface area contributed by atoms with Crippen LogP contribution >= 0.6 is 0 Å². The van der Waals surface area contributed by atoms with E-state index >= 15 is 0 Å². The fraction of sp³-hybridized carbons (Fsp3) is 0.385. The summed E-state index contributed by atoms with van der Waals surface area (Å²) in [5.74, 6) is 1.64. The van der Waals surface area contributed by atoms with Gasteiger partial charge in [0.15, 0.2) is 5.76 Å². The van der Waals surface area contributed by atoms with Crippen molar-refractivity contribution in [2.24, 2.45) is 0 Å². The number of furan rings is 1.